The molecule has 0 aliphatic heterocycles. The molecule has 1 aliphatic carbocycles. The van der Waals surface area contributed by atoms with Gasteiger partial charge in [-0.15, -0.1) is 0 Å². The molecule has 1 saturated carbocycles. The maximum atomic E-state index is 11.4. The highest BCUT2D eigenvalue weighted by Crippen LogP contribution is 2.40. The zero-order chi connectivity index (χ0) is 20.4. The summed E-state index contributed by atoms with van der Waals surface area (Å²) in [7, 11) is -3.24. The number of fused-ring (bicyclic) bond motifs is 1. The molecule has 5 heteroatoms. The van der Waals surface area contributed by atoms with Crippen LogP contribution in [0.5, 0.6) is 0 Å². The molecule has 0 radical (unpaired) electrons. The molecule has 2 unspecified atom stereocenters. The minimum Gasteiger partial charge on any atom is -0.368 e. The molecule has 2 atom stereocenters. The summed E-state index contributed by atoms with van der Waals surface area (Å²) in [6, 6.07) is 23.6. The molecule has 3 aromatic rings. The second kappa shape index (κ2) is 8.07. The van der Waals surface area contributed by atoms with Gasteiger partial charge in [-0.3, -0.25) is 4.72 Å². The number of rotatable bonds is 6. The van der Waals surface area contributed by atoms with Crippen LogP contribution in [-0.2, 0) is 10.0 Å². The molecule has 0 spiro atoms. The second-order valence-corrected chi connectivity index (χ2v) is 9.69. The van der Waals surface area contributed by atoms with Crippen LogP contribution in [0.3, 0.4) is 0 Å². The van der Waals surface area contributed by atoms with Crippen LogP contribution in [0.2, 0.25) is 0 Å². The lowest BCUT2D eigenvalue weighted by molar-refractivity contribution is 0.607. The van der Waals surface area contributed by atoms with Crippen molar-refractivity contribution in [2.24, 2.45) is 0 Å². The lowest BCUT2D eigenvalue weighted by atomic mass is 9.97. The van der Waals surface area contributed by atoms with Crippen molar-refractivity contribution in [1.82, 2.24) is 0 Å². The van der Waals surface area contributed by atoms with E-state index in [1.54, 1.807) is 0 Å². The Balaban J connectivity index is 1.52. The Morgan fingerprint density at radius 3 is 2.41 bits per heavy atom. The van der Waals surface area contributed by atoms with Crippen LogP contribution in [0.4, 0.5) is 11.4 Å². The van der Waals surface area contributed by atoms with Gasteiger partial charge in [-0.05, 0) is 61.3 Å². The quantitative estimate of drug-likeness (QED) is 0.596. The van der Waals surface area contributed by atoms with E-state index in [-0.39, 0.29) is 0 Å². The van der Waals surface area contributed by atoms with Gasteiger partial charge < -0.3 is 4.90 Å². The molecular weight excluding hydrogens is 380 g/mol. The van der Waals surface area contributed by atoms with Crippen LogP contribution < -0.4 is 9.62 Å². The summed E-state index contributed by atoms with van der Waals surface area (Å²) in [5.41, 5.74) is 3.24. The van der Waals surface area contributed by atoms with E-state index in [4.69, 9.17) is 0 Å². The van der Waals surface area contributed by atoms with Gasteiger partial charge in [0.05, 0.1) is 6.26 Å². The predicted molar refractivity (Wildman–Crippen MR) is 122 cm³/mol. The Labute approximate surface area is 173 Å². The summed E-state index contributed by atoms with van der Waals surface area (Å²) in [4.78, 5) is 2.56. The molecular formula is C24H28N2O2S. The summed E-state index contributed by atoms with van der Waals surface area (Å²) in [6.07, 6.45) is 4.63. The minimum atomic E-state index is -3.24. The number of anilines is 2. The first-order chi connectivity index (χ1) is 13.9. The van der Waals surface area contributed by atoms with E-state index in [0.29, 0.717) is 17.6 Å². The van der Waals surface area contributed by atoms with Crippen molar-refractivity contribution in [1.29, 1.82) is 0 Å². The van der Waals surface area contributed by atoms with Crippen molar-refractivity contribution in [3.05, 3.63) is 72.3 Å². The van der Waals surface area contributed by atoms with Gasteiger partial charge in [0.2, 0.25) is 10.0 Å². The molecule has 3 aromatic carbocycles. The molecule has 0 heterocycles. The highest BCUT2D eigenvalue weighted by atomic mass is 32.2. The summed E-state index contributed by atoms with van der Waals surface area (Å²) >= 11 is 0. The zero-order valence-corrected chi connectivity index (χ0v) is 17.8. The molecule has 0 saturated heterocycles. The van der Waals surface area contributed by atoms with E-state index in [9.17, 15) is 8.42 Å². The largest absolute Gasteiger partial charge is 0.368 e. The summed E-state index contributed by atoms with van der Waals surface area (Å²) in [5.74, 6) is 0.510. The highest BCUT2D eigenvalue weighted by molar-refractivity contribution is 7.92. The van der Waals surface area contributed by atoms with Crippen LogP contribution in [0.25, 0.3) is 10.8 Å². The van der Waals surface area contributed by atoms with E-state index < -0.39 is 10.0 Å². The number of nitrogens with one attached hydrogen (secondary N) is 1. The smallest absolute Gasteiger partial charge is 0.229 e. The van der Waals surface area contributed by atoms with Crippen LogP contribution in [-0.4, -0.2) is 27.3 Å². The molecule has 4 nitrogen and oxygen atoms in total. The monoisotopic (exact) mass is 408 g/mol. The van der Waals surface area contributed by atoms with Crippen molar-refractivity contribution in [2.75, 3.05) is 22.4 Å². The van der Waals surface area contributed by atoms with Gasteiger partial charge >= 0.3 is 0 Å². The third-order valence-electron chi connectivity index (χ3n) is 5.95. The van der Waals surface area contributed by atoms with Gasteiger partial charge in [0.1, 0.15) is 0 Å². The van der Waals surface area contributed by atoms with Gasteiger partial charge in [0.25, 0.3) is 0 Å². The van der Waals surface area contributed by atoms with Crippen LogP contribution in [0, 0.1) is 0 Å². The second-order valence-electron chi connectivity index (χ2n) is 7.94. The van der Waals surface area contributed by atoms with Gasteiger partial charge in [-0.1, -0.05) is 48.5 Å². The first-order valence-corrected chi connectivity index (χ1v) is 12.2. The molecule has 29 heavy (non-hydrogen) atoms. The van der Waals surface area contributed by atoms with Crippen molar-refractivity contribution in [3.8, 4) is 0 Å². The maximum Gasteiger partial charge on any atom is 0.229 e. The number of hydrogen-bond acceptors (Lipinski definition) is 3. The zero-order valence-electron chi connectivity index (χ0n) is 17.0. The van der Waals surface area contributed by atoms with Crippen LogP contribution >= 0.6 is 0 Å². The molecule has 4 rings (SSSR count). The van der Waals surface area contributed by atoms with Crippen molar-refractivity contribution in [2.45, 2.75) is 38.1 Å². The average molecular weight is 409 g/mol. The van der Waals surface area contributed by atoms with E-state index in [0.717, 1.165) is 19.4 Å². The Morgan fingerprint density at radius 1 is 0.966 bits per heavy atom. The Kier molecular flexibility index (Phi) is 5.50. The summed E-state index contributed by atoms with van der Waals surface area (Å²) in [6.45, 7) is 3.23. The van der Waals surface area contributed by atoms with Crippen molar-refractivity contribution >= 4 is 32.2 Å². The van der Waals surface area contributed by atoms with Crippen LogP contribution in [0.15, 0.2) is 66.7 Å². The summed E-state index contributed by atoms with van der Waals surface area (Å²) in [5, 5.41) is 2.60. The van der Waals surface area contributed by atoms with E-state index >= 15 is 0 Å². The van der Waals surface area contributed by atoms with E-state index in [1.807, 2.05) is 12.1 Å². The lowest BCUT2D eigenvalue weighted by Crippen LogP contribution is -2.33. The Morgan fingerprint density at radius 2 is 1.69 bits per heavy atom. The number of benzene rings is 3. The number of nitrogens with zero attached hydrogens (tertiary/aromatic N) is 1. The highest BCUT2D eigenvalue weighted by Gasteiger charge is 2.30. The fourth-order valence-corrected chi connectivity index (χ4v) is 5.23. The standard InChI is InChI=1S/C24H28N2O2S/c1-3-26(24-10-6-8-19-7-4-5-9-23(19)24)22-16-13-20(17-22)18-11-14-21(15-12-18)25-29(2,27)28/h4-12,14-15,20,22,25H,3,13,16-17H2,1-2H3. The van der Waals surface area contributed by atoms with E-state index in [1.165, 1.54) is 34.7 Å². The molecule has 1 fully saturated rings. The summed E-state index contributed by atoms with van der Waals surface area (Å²) < 4.78 is 25.3. The maximum absolute atomic E-state index is 11.4. The van der Waals surface area contributed by atoms with Crippen molar-refractivity contribution in [3.63, 3.8) is 0 Å². The molecule has 0 bridgehead atoms. The van der Waals surface area contributed by atoms with E-state index in [2.05, 4.69) is 71.1 Å². The van der Waals surface area contributed by atoms with Gasteiger partial charge in [-0.25, -0.2) is 8.42 Å². The Hall–Kier alpha value is -2.53. The van der Waals surface area contributed by atoms with Gasteiger partial charge in [-0.2, -0.15) is 0 Å². The average Bonchev–Trinajstić information content (AvgIpc) is 3.18. The van der Waals surface area contributed by atoms with Gasteiger partial charge in [0, 0.05) is 29.3 Å². The topological polar surface area (TPSA) is 49.4 Å². The first-order valence-electron chi connectivity index (χ1n) is 10.3. The fourth-order valence-electron chi connectivity index (χ4n) is 4.66. The third-order valence-corrected chi connectivity index (χ3v) is 6.55. The Bertz CT molecular complexity index is 1090. The molecule has 152 valence electrons. The van der Waals surface area contributed by atoms with Crippen LogP contribution in [0.1, 0.15) is 37.7 Å². The molecule has 1 aliphatic rings. The SMILES string of the molecule is CCN(c1cccc2ccccc12)C1CCC(c2ccc(NS(C)(=O)=O)cc2)C1. The fraction of sp³-hybridized carbons (Fsp3) is 0.333. The first kappa shape index (κ1) is 19.8. The minimum absolute atomic E-state index is 0.510. The third kappa shape index (κ3) is 4.40. The number of hydrogen-bond donors (Lipinski definition) is 1. The normalized spacial score (nSPS) is 19.4. The molecule has 1 N–H and O–H groups in total. The predicted octanol–water partition coefficient (Wildman–Crippen LogP) is 5.37. The lowest BCUT2D eigenvalue weighted by Gasteiger charge is -2.31. The van der Waals surface area contributed by atoms with Gasteiger partial charge in [0.15, 0.2) is 0 Å². The number of sulfonamides is 1. The molecule has 0 aromatic heterocycles. The van der Waals surface area contributed by atoms with Crippen molar-refractivity contribution < 1.29 is 8.42 Å². The molecule has 0 amide bonds.